The second-order valence-corrected chi connectivity index (χ2v) is 7.31. The lowest BCUT2D eigenvalue weighted by Gasteiger charge is -2.34. The normalized spacial score (nSPS) is 20.7. The Hall–Kier alpha value is -1.89. The van der Waals surface area contributed by atoms with Crippen LogP contribution in [0, 0.1) is 5.92 Å². The highest BCUT2D eigenvalue weighted by Crippen LogP contribution is 2.26. The number of aromatic nitrogens is 2. The molecular formula is C18H28N4O3. The molecule has 1 aromatic rings. The van der Waals surface area contributed by atoms with Crippen molar-refractivity contribution >= 4 is 11.8 Å². The van der Waals surface area contributed by atoms with Crippen LogP contribution < -0.4 is 0 Å². The largest absolute Gasteiger partial charge is 0.378 e. The number of ether oxygens (including phenoxy) is 1. The van der Waals surface area contributed by atoms with Crippen LogP contribution in [-0.4, -0.2) is 64.0 Å². The Bertz CT molecular complexity index is 634. The smallest absolute Gasteiger partial charge is 0.228 e. The van der Waals surface area contributed by atoms with E-state index < -0.39 is 0 Å². The van der Waals surface area contributed by atoms with Crippen LogP contribution in [0.4, 0.5) is 0 Å². The summed E-state index contributed by atoms with van der Waals surface area (Å²) in [6.45, 7) is 10.1. The minimum absolute atomic E-state index is 0.0489. The van der Waals surface area contributed by atoms with E-state index in [1.54, 1.807) is 0 Å². The first-order valence-corrected chi connectivity index (χ1v) is 9.16. The Morgan fingerprint density at radius 2 is 1.92 bits per heavy atom. The van der Waals surface area contributed by atoms with E-state index in [2.05, 4.69) is 23.4 Å². The predicted molar refractivity (Wildman–Crippen MR) is 92.9 cm³/mol. The summed E-state index contributed by atoms with van der Waals surface area (Å²) in [7, 11) is 0. The molecule has 1 fully saturated rings. The van der Waals surface area contributed by atoms with Crippen LogP contribution in [0.2, 0.25) is 0 Å². The molecule has 0 spiro atoms. The van der Waals surface area contributed by atoms with Crippen molar-refractivity contribution in [1.29, 1.82) is 0 Å². The van der Waals surface area contributed by atoms with Crippen molar-refractivity contribution in [2.75, 3.05) is 32.8 Å². The Kier molecular flexibility index (Phi) is 5.42. The van der Waals surface area contributed by atoms with Gasteiger partial charge in [0.05, 0.1) is 31.4 Å². The minimum atomic E-state index is -0.0489. The molecule has 1 aromatic heterocycles. The molecule has 0 unspecified atom stereocenters. The summed E-state index contributed by atoms with van der Waals surface area (Å²) in [5.74, 6) is 1.51. The number of nitrogens with zero attached hydrogens (tertiary/aromatic N) is 4. The number of rotatable bonds is 4. The van der Waals surface area contributed by atoms with Crippen LogP contribution in [-0.2, 0) is 27.3 Å². The molecule has 2 aliphatic heterocycles. The fraction of sp³-hybridized carbons (Fsp3) is 0.722. The van der Waals surface area contributed by atoms with Crippen molar-refractivity contribution in [1.82, 2.24) is 19.4 Å². The van der Waals surface area contributed by atoms with Gasteiger partial charge in [0.15, 0.2) is 0 Å². The zero-order valence-corrected chi connectivity index (χ0v) is 15.4. The standard InChI is InChI=1S/C18H28N4O3/c1-13(2)10-17(24)22-5-4-21-12-15(19-18(21)14(22)3)11-16(23)20-6-8-25-9-7-20/h12-14H,4-11H2,1-3H3/t14-/m1/s1. The minimum Gasteiger partial charge on any atom is -0.378 e. The van der Waals surface area contributed by atoms with E-state index in [4.69, 9.17) is 4.74 Å². The van der Waals surface area contributed by atoms with Gasteiger partial charge in [-0.25, -0.2) is 4.98 Å². The molecule has 0 aromatic carbocycles. The molecule has 138 valence electrons. The fourth-order valence-corrected chi connectivity index (χ4v) is 3.52. The Labute approximate surface area is 148 Å². The van der Waals surface area contributed by atoms with E-state index in [1.165, 1.54) is 0 Å². The van der Waals surface area contributed by atoms with Crippen molar-refractivity contribution in [3.8, 4) is 0 Å². The van der Waals surface area contributed by atoms with E-state index in [1.807, 2.05) is 22.9 Å². The number of carbonyl (C=O) groups excluding carboxylic acids is 2. The van der Waals surface area contributed by atoms with Gasteiger partial charge in [-0.3, -0.25) is 9.59 Å². The number of hydrogen-bond donors (Lipinski definition) is 0. The zero-order chi connectivity index (χ0) is 18.0. The van der Waals surface area contributed by atoms with Gasteiger partial charge in [0.2, 0.25) is 11.8 Å². The van der Waals surface area contributed by atoms with E-state index in [0.29, 0.717) is 51.6 Å². The number of fused-ring (bicyclic) bond motifs is 1. The van der Waals surface area contributed by atoms with E-state index in [9.17, 15) is 9.59 Å². The van der Waals surface area contributed by atoms with Crippen LogP contribution >= 0.6 is 0 Å². The predicted octanol–water partition coefficient (Wildman–Crippen LogP) is 1.23. The maximum absolute atomic E-state index is 12.4. The Morgan fingerprint density at radius 3 is 2.60 bits per heavy atom. The van der Waals surface area contributed by atoms with E-state index >= 15 is 0 Å². The number of imidazole rings is 1. The molecule has 3 heterocycles. The van der Waals surface area contributed by atoms with Crippen molar-refractivity contribution in [2.24, 2.45) is 5.92 Å². The molecule has 0 radical (unpaired) electrons. The summed E-state index contributed by atoms with van der Waals surface area (Å²) < 4.78 is 7.38. The lowest BCUT2D eigenvalue weighted by atomic mass is 10.1. The number of morpholine rings is 1. The molecule has 2 amide bonds. The highest BCUT2D eigenvalue weighted by Gasteiger charge is 2.30. The van der Waals surface area contributed by atoms with Gasteiger partial charge in [-0.2, -0.15) is 0 Å². The van der Waals surface area contributed by atoms with Gasteiger partial charge in [-0.15, -0.1) is 0 Å². The van der Waals surface area contributed by atoms with Crippen LogP contribution in [0.3, 0.4) is 0 Å². The molecule has 7 heteroatoms. The average molecular weight is 348 g/mol. The molecule has 3 rings (SSSR count). The first-order valence-electron chi connectivity index (χ1n) is 9.16. The van der Waals surface area contributed by atoms with Crippen LogP contribution in [0.15, 0.2) is 6.20 Å². The molecule has 1 atom stereocenters. The molecule has 0 saturated carbocycles. The highest BCUT2D eigenvalue weighted by molar-refractivity contribution is 5.78. The monoisotopic (exact) mass is 348 g/mol. The lowest BCUT2D eigenvalue weighted by molar-refractivity contribution is -0.135. The molecule has 2 aliphatic rings. The topological polar surface area (TPSA) is 67.7 Å². The van der Waals surface area contributed by atoms with Crippen molar-refractivity contribution in [2.45, 2.75) is 46.2 Å². The molecular weight excluding hydrogens is 320 g/mol. The van der Waals surface area contributed by atoms with Gasteiger partial charge in [-0.05, 0) is 12.8 Å². The van der Waals surface area contributed by atoms with Crippen molar-refractivity contribution < 1.29 is 14.3 Å². The highest BCUT2D eigenvalue weighted by atomic mass is 16.5. The Balaban J connectivity index is 1.67. The average Bonchev–Trinajstić information content (AvgIpc) is 2.98. The summed E-state index contributed by atoms with van der Waals surface area (Å²) in [5.41, 5.74) is 0.788. The summed E-state index contributed by atoms with van der Waals surface area (Å²) in [5, 5.41) is 0. The van der Waals surface area contributed by atoms with Gasteiger partial charge in [0.25, 0.3) is 0 Å². The maximum Gasteiger partial charge on any atom is 0.228 e. The fourth-order valence-electron chi connectivity index (χ4n) is 3.52. The second kappa shape index (κ2) is 7.56. The zero-order valence-electron chi connectivity index (χ0n) is 15.4. The third kappa shape index (κ3) is 4.03. The van der Waals surface area contributed by atoms with E-state index in [0.717, 1.165) is 18.1 Å². The van der Waals surface area contributed by atoms with Crippen molar-refractivity contribution in [3.63, 3.8) is 0 Å². The SMILES string of the molecule is CC(C)CC(=O)N1CCn2cc(CC(=O)N3CCOCC3)nc2[C@H]1C. The van der Waals surface area contributed by atoms with Crippen LogP contribution in [0.1, 0.15) is 44.8 Å². The van der Waals surface area contributed by atoms with Gasteiger partial charge in [0.1, 0.15) is 5.82 Å². The van der Waals surface area contributed by atoms with Gasteiger partial charge < -0.3 is 19.1 Å². The first kappa shape index (κ1) is 17.9. The van der Waals surface area contributed by atoms with Crippen molar-refractivity contribution in [3.05, 3.63) is 17.7 Å². The molecule has 0 bridgehead atoms. The number of amides is 2. The quantitative estimate of drug-likeness (QED) is 0.821. The second-order valence-electron chi connectivity index (χ2n) is 7.31. The number of carbonyl (C=O) groups is 2. The molecule has 1 saturated heterocycles. The first-order chi connectivity index (χ1) is 12.0. The molecule has 0 aliphatic carbocycles. The summed E-state index contributed by atoms with van der Waals surface area (Å²) in [6.07, 6.45) is 2.84. The summed E-state index contributed by atoms with van der Waals surface area (Å²) in [6, 6.07) is -0.0489. The molecule has 25 heavy (non-hydrogen) atoms. The molecule has 7 nitrogen and oxygen atoms in total. The van der Waals surface area contributed by atoms with Gasteiger partial charge in [-0.1, -0.05) is 13.8 Å². The maximum atomic E-state index is 12.4. The summed E-state index contributed by atoms with van der Waals surface area (Å²) in [4.78, 5) is 33.3. The summed E-state index contributed by atoms with van der Waals surface area (Å²) >= 11 is 0. The molecule has 0 N–H and O–H groups in total. The lowest BCUT2D eigenvalue weighted by Crippen LogP contribution is -2.41. The third-order valence-electron chi connectivity index (χ3n) is 4.88. The number of hydrogen-bond acceptors (Lipinski definition) is 4. The Morgan fingerprint density at radius 1 is 1.20 bits per heavy atom. The van der Waals surface area contributed by atoms with Crippen LogP contribution in [0.25, 0.3) is 0 Å². The van der Waals surface area contributed by atoms with Gasteiger partial charge >= 0.3 is 0 Å². The van der Waals surface area contributed by atoms with Gasteiger partial charge in [0, 0.05) is 38.8 Å². The third-order valence-corrected chi connectivity index (χ3v) is 4.88. The van der Waals surface area contributed by atoms with E-state index in [-0.39, 0.29) is 17.9 Å². The van der Waals surface area contributed by atoms with Crippen LogP contribution in [0.5, 0.6) is 0 Å².